The third-order valence-electron chi connectivity index (χ3n) is 4.73. The number of nitrogens with one attached hydrogen (secondary N) is 1. The van der Waals surface area contributed by atoms with Gasteiger partial charge in [0, 0.05) is 30.6 Å². The Morgan fingerprint density at radius 1 is 1.32 bits per heavy atom. The first kappa shape index (κ1) is 15.5. The van der Waals surface area contributed by atoms with Gasteiger partial charge in [-0.25, -0.2) is 4.98 Å². The van der Waals surface area contributed by atoms with E-state index in [1.807, 2.05) is 10.3 Å². The molecule has 0 radical (unpaired) electrons. The number of carbonyl (C=O) groups excluding carboxylic acids is 2. The first-order valence-electron chi connectivity index (χ1n) is 8.19. The average molecular weight is 321 g/mol. The number of likely N-dealkylation sites (tertiary alicyclic amines) is 1. The highest BCUT2D eigenvalue weighted by Gasteiger charge is 2.34. The van der Waals surface area contributed by atoms with Gasteiger partial charge < -0.3 is 10.2 Å². The highest BCUT2D eigenvalue weighted by molar-refractivity contribution is 7.09. The van der Waals surface area contributed by atoms with Gasteiger partial charge in [-0.15, -0.1) is 11.3 Å². The zero-order chi connectivity index (χ0) is 15.4. The second kappa shape index (κ2) is 7.22. The minimum Gasteiger partial charge on any atom is -0.349 e. The molecule has 0 bridgehead atoms. The van der Waals surface area contributed by atoms with Crippen molar-refractivity contribution < 1.29 is 9.59 Å². The fourth-order valence-electron chi connectivity index (χ4n) is 3.48. The fraction of sp³-hybridized carbons (Fsp3) is 0.688. The van der Waals surface area contributed by atoms with Crippen molar-refractivity contribution in [2.45, 2.75) is 57.5 Å². The maximum Gasteiger partial charge on any atom is 0.225 e. The molecular weight excluding hydrogens is 298 g/mol. The van der Waals surface area contributed by atoms with Crippen molar-refractivity contribution in [2.24, 2.45) is 5.92 Å². The lowest BCUT2D eigenvalue weighted by molar-refractivity contribution is -0.141. The maximum absolute atomic E-state index is 12.4. The predicted octanol–water partition coefficient (Wildman–Crippen LogP) is 2.33. The van der Waals surface area contributed by atoms with Crippen LogP contribution in [0.1, 0.15) is 50.0 Å². The Kier molecular flexibility index (Phi) is 5.08. The van der Waals surface area contributed by atoms with Crippen LogP contribution in [-0.4, -0.2) is 34.3 Å². The van der Waals surface area contributed by atoms with Crippen molar-refractivity contribution >= 4 is 23.2 Å². The summed E-state index contributed by atoms with van der Waals surface area (Å²) in [6.07, 6.45) is 8.80. The smallest absolute Gasteiger partial charge is 0.225 e. The van der Waals surface area contributed by atoms with E-state index >= 15 is 0 Å². The molecule has 6 heteroatoms. The van der Waals surface area contributed by atoms with Crippen molar-refractivity contribution in [3.8, 4) is 0 Å². The van der Waals surface area contributed by atoms with Crippen LogP contribution in [0, 0.1) is 5.92 Å². The third kappa shape index (κ3) is 3.66. The van der Waals surface area contributed by atoms with Crippen molar-refractivity contribution in [3.05, 3.63) is 16.6 Å². The number of hydrogen-bond acceptors (Lipinski definition) is 4. The molecule has 1 N–H and O–H groups in total. The zero-order valence-electron chi connectivity index (χ0n) is 12.8. The number of nitrogens with zero attached hydrogens (tertiary/aromatic N) is 2. The molecule has 0 unspecified atom stereocenters. The average Bonchev–Trinajstić information content (AvgIpc) is 3.07. The predicted molar refractivity (Wildman–Crippen MR) is 85.3 cm³/mol. The molecule has 120 valence electrons. The Morgan fingerprint density at radius 2 is 2.14 bits per heavy atom. The fourth-order valence-corrected chi connectivity index (χ4v) is 4.03. The van der Waals surface area contributed by atoms with Crippen molar-refractivity contribution in [1.82, 2.24) is 15.2 Å². The van der Waals surface area contributed by atoms with Gasteiger partial charge in [0.2, 0.25) is 11.8 Å². The van der Waals surface area contributed by atoms with Gasteiger partial charge in [0.15, 0.2) is 0 Å². The summed E-state index contributed by atoms with van der Waals surface area (Å²) < 4.78 is 0. The molecule has 5 nitrogen and oxygen atoms in total. The van der Waals surface area contributed by atoms with Crippen LogP contribution in [0.25, 0.3) is 0 Å². The SMILES string of the molecule is O=C(NCc1nccs1)[C@H]1CCC(=O)N(C2CCCCC2)C1. The minimum atomic E-state index is -0.0698. The summed E-state index contributed by atoms with van der Waals surface area (Å²) in [7, 11) is 0. The van der Waals surface area contributed by atoms with E-state index in [1.165, 1.54) is 19.3 Å². The molecule has 0 spiro atoms. The number of aromatic nitrogens is 1. The number of carbonyl (C=O) groups is 2. The molecule has 1 atom stereocenters. The van der Waals surface area contributed by atoms with Crippen LogP contribution in [0.15, 0.2) is 11.6 Å². The first-order chi connectivity index (χ1) is 10.7. The topological polar surface area (TPSA) is 62.3 Å². The van der Waals surface area contributed by atoms with E-state index in [2.05, 4.69) is 10.3 Å². The highest BCUT2D eigenvalue weighted by atomic mass is 32.1. The summed E-state index contributed by atoms with van der Waals surface area (Å²) in [5, 5.41) is 5.79. The van der Waals surface area contributed by atoms with E-state index in [9.17, 15) is 9.59 Å². The summed E-state index contributed by atoms with van der Waals surface area (Å²) in [5.41, 5.74) is 0. The van der Waals surface area contributed by atoms with Crippen LogP contribution in [-0.2, 0) is 16.1 Å². The molecule has 1 saturated heterocycles. The van der Waals surface area contributed by atoms with Gasteiger partial charge >= 0.3 is 0 Å². The molecule has 22 heavy (non-hydrogen) atoms. The quantitative estimate of drug-likeness (QED) is 0.926. The summed E-state index contributed by atoms with van der Waals surface area (Å²) in [6.45, 7) is 1.08. The third-order valence-corrected chi connectivity index (χ3v) is 5.51. The zero-order valence-corrected chi connectivity index (χ0v) is 13.6. The number of thiazole rings is 1. The molecule has 2 heterocycles. The monoisotopic (exact) mass is 321 g/mol. The summed E-state index contributed by atoms with van der Waals surface area (Å²) in [4.78, 5) is 30.7. The molecule has 2 fully saturated rings. The van der Waals surface area contributed by atoms with Gasteiger partial charge in [-0.2, -0.15) is 0 Å². The van der Waals surface area contributed by atoms with Gasteiger partial charge in [0.05, 0.1) is 12.5 Å². The molecule has 2 aliphatic rings. The molecule has 1 aliphatic heterocycles. The second-order valence-electron chi connectivity index (χ2n) is 6.22. The molecule has 1 aromatic heterocycles. The van der Waals surface area contributed by atoms with Gasteiger partial charge in [0.1, 0.15) is 5.01 Å². The van der Waals surface area contributed by atoms with E-state index in [0.29, 0.717) is 32.0 Å². The molecule has 1 saturated carbocycles. The van der Waals surface area contributed by atoms with Crippen LogP contribution in [0.3, 0.4) is 0 Å². The Bertz CT molecular complexity index is 511. The van der Waals surface area contributed by atoms with Crippen molar-refractivity contribution in [3.63, 3.8) is 0 Å². The van der Waals surface area contributed by atoms with E-state index in [1.54, 1.807) is 17.5 Å². The lowest BCUT2D eigenvalue weighted by atomic mass is 9.89. The van der Waals surface area contributed by atoms with Crippen LogP contribution in [0.5, 0.6) is 0 Å². The molecule has 0 aromatic carbocycles. The van der Waals surface area contributed by atoms with Crippen molar-refractivity contribution in [2.75, 3.05) is 6.54 Å². The summed E-state index contributed by atoms with van der Waals surface area (Å²) in [6, 6.07) is 0.357. The number of amides is 2. The normalized spacial score (nSPS) is 23.5. The highest BCUT2D eigenvalue weighted by Crippen LogP contribution is 2.28. The van der Waals surface area contributed by atoms with Gasteiger partial charge in [0.25, 0.3) is 0 Å². The minimum absolute atomic E-state index is 0.0588. The van der Waals surface area contributed by atoms with Crippen LogP contribution in [0.4, 0.5) is 0 Å². The Morgan fingerprint density at radius 3 is 2.86 bits per heavy atom. The van der Waals surface area contributed by atoms with Crippen LogP contribution < -0.4 is 5.32 Å². The Labute approximate surface area is 135 Å². The molecule has 1 aliphatic carbocycles. The lowest BCUT2D eigenvalue weighted by Crippen LogP contribution is -2.50. The van der Waals surface area contributed by atoms with Crippen LogP contribution in [0.2, 0.25) is 0 Å². The van der Waals surface area contributed by atoms with E-state index in [0.717, 1.165) is 17.8 Å². The molecule has 1 aromatic rings. The number of rotatable bonds is 4. The number of hydrogen-bond donors (Lipinski definition) is 1. The van der Waals surface area contributed by atoms with E-state index in [4.69, 9.17) is 0 Å². The van der Waals surface area contributed by atoms with Crippen molar-refractivity contribution in [1.29, 1.82) is 0 Å². The molecular formula is C16H23N3O2S. The summed E-state index contributed by atoms with van der Waals surface area (Å²) in [5.74, 6) is 0.221. The standard InChI is InChI=1S/C16H23N3O2S/c20-15-7-6-12(11-19(15)13-4-2-1-3-5-13)16(21)18-10-14-17-8-9-22-14/h8-9,12-13H,1-7,10-11H2,(H,18,21)/t12-/m0/s1. The van der Waals surface area contributed by atoms with E-state index in [-0.39, 0.29) is 17.7 Å². The Balaban J connectivity index is 1.54. The second-order valence-corrected chi connectivity index (χ2v) is 7.20. The van der Waals surface area contributed by atoms with Gasteiger partial charge in [-0.05, 0) is 19.3 Å². The Hall–Kier alpha value is -1.43. The number of piperidine rings is 1. The van der Waals surface area contributed by atoms with E-state index < -0.39 is 0 Å². The molecule has 3 rings (SSSR count). The first-order valence-corrected chi connectivity index (χ1v) is 9.07. The van der Waals surface area contributed by atoms with Gasteiger partial charge in [-0.1, -0.05) is 19.3 Å². The molecule has 2 amide bonds. The maximum atomic E-state index is 12.4. The lowest BCUT2D eigenvalue weighted by Gasteiger charge is -2.39. The van der Waals surface area contributed by atoms with Gasteiger partial charge in [-0.3, -0.25) is 9.59 Å². The summed E-state index contributed by atoms with van der Waals surface area (Å²) >= 11 is 1.54. The van der Waals surface area contributed by atoms with Crippen LogP contribution >= 0.6 is 11.3 Å². The largest absolute Gasteiger partial charge is 0.349 e.